The highest BCUT2D eigenvalue weighted by Crippen LogP contribution is 2.19. The highest BCUT2D eigenvalue weighted by atomic mass is 35.5. The first-order chi connectivity index (χ1) is 8.04. The van der Waals surface area contributed by atoms with Gasteiger partial charge in [0, 0.05) is 16.3 Å². The molecule has 1 rings (SSSR count). The third-order valence-electron chi connectivity index (χ3n) is 2.51. The third kappa shape index (κ3) is 4.23. The summed E-state index contributed by atoms with van der Waals surface area (Å²) in [6.07, 6.45) is 3.93. The fraction of sp³-hybridized carbons (Fsp3) is 0.357. The largest absolute Gasteiger partial charge is 0.322 e. The van der Waals surface area contributed by atoms with Gasteiger partial charge in [-0.25, -0.2) is 0 Å². The van der Waals surface area contributed by atoms with Gasteiger partial charge in [0.2, 0.25) is 0 Å². The number of allylic oxidation sites excluding steroid dienone is 1. The first-order valence-corrected chi connectivity index (χ1v) is 6.16. The Kier molecular flexibility index (Phi) is 5.23. The molecule has 1 N–H and O–H groups in total. The van der Waals surface area contributed by atoms with Crippen LogP contribution in [0.4, 0.5) is 5.69 Å². The van der Waals surface area contributed by atoms with Gasteiger partial charge in [0.15, 0.2) is 0 Å². The van der Waals surface area contributed by atoms with E-state index >= 15 is 0 Å². The van der Waals surface area contributed by atoms with Gasteiger partial charge in [-0.15, -0.1) is 0 Å². The summed E-state index contributed by atoms with van der Waals surface area (Å²) >= 11 is 5.92. The van der Waals surface area contributed by atoms with Gasteiger partial charge in [-0.05, 0) is 44.0 Å². The van der Waals surface area contributed by atoms with E-state index in [2.05, 4.69) is 12.2 Å². The van der Waals surface area contributed by atoms with Crippen molar-refractivity contribution < 1.29 is 4.79 Å². The molecular formula is C14H18ClNO. The lowest BCUT2D eigenvalue weighted by atomic mass is 10.2. The predicted octanol–water partition coefficient (Wildman–Crippen LogP) is 4.33. The maximum atomic E-state index is 11.8. The summed E-state index contributed by atoms with van der Waals surface area (Å²) in [5.74, 6) is -0.0554. The SMILES string of the molecule is CCC/C=C(\C)C(=O)Nc1ccc(Cl)c(C)c1. The Balaban J connectivity index is 2.71. The van der Waals surface area contributed by atoms with Crippen LogP contribution in [-0.2, 0) is 4.79 Å². The zero-order valence-corrected chi connectivity index (χ0v) is 11.3. The van der Waals surface area contributed by atoms with E-state index < -0.39 is 0 Å². The Bertz CT molecular complexity index is 438. The Morgan fingerprint density at radius 2 is 2.18 bits per heavy atom. The minimum Gasteiger partial charge on any atom is -0.322 e. The van der Waals surface area contributed by atoms with E-state index in [0.29, 0.717) is 5.02 Å². The van der Waals surface area contributed by atoms with Crippen LogP contribution in [0.2, 0.25) is 5.02 Å². The average Bonchev–Trinajstić information content (AvgIpc) is 2.30. The molecule has 0 heterocycles. The van der Waals surface area contributed by atoms with Crippen molar-refractivity contribution in [2.24, 2.45) is 0 Å². The van der Waals surface area contributed by atoms with E-state index in [4.69, 9.17) is 11.6 Å². The number of carbonyl (C=O) groups is 1. The lowest BCUT2D eigenvalue weighted by molar-refractivity contribution is -0.112. The number of hydrogen-bond donors (Lipinski definition) is 1. The number of amides is 1. The van der Waals surface area contributed by atoms with Crippen molar-refractivity contribution in [3.05, 3.63) is 40.4 Å². The molecule has 0 aliphatic carbocycles. The Labute approximate surface area is 108 Å². The van der Waals surface area contributed by atoms with Gasteiger partial charge in [-0.2, -0.15) is 0 Å². The highest BCUT2D eigenvalue weighted by Gasteiger charge is 2.05. The molecule has 2 nitrogen and oxygen atoms in total. The molecule has 0 aromatic heterocycles. The minimum atomic E-state index is -0.0554. The van der Waals surface area contributed by atoms with Crippen LogP contribution in [0.5, 0.6) is 0 Å². The van der Waals surface area contributed by atoms with Gasteiger partial charge in [0.05, 0.1) is 0 Å². The van der Waals surface area contributed by atoms with Crippen LogP contribution < -0.4 is 5.32 Å². The van der Waals surface area contributed by atoms with Crippen molar-refractivity contribution in [3.8, 4) is 0 Å². The van der Waals surface area contributed by atoms with E-state index in [9.17, 15) is 4.79 Å². The molecule has 0 bridgehead atoms. The molecule has 0 radical (unpaired) electrons. The summed E-state index contributed by atoms with van der Waals surface area (Å²) < 4.78 is 0. The lowest BCUT2D eigenvalue weighted by Crippen LogP contribution is -2.12. The normalized spacial score (nSPS) is 11.4. The van der Waals surface area contributed by atoms with Crippen LogP contribution in [0, 0.1) is 6.92 Å². The Morgan fingerprint density at radius 1 is 1.47 bits per heavy atom. The first kappa shape index (κ1) is 13.8. The second kappa shape index (κ2) is 6.45. The quantitative estimate of drug-likeness (QED) is 0.793. The molecule has 92 valence electrons. The molecule has 0 aliphatic rings. The zero-order valence-electron chi connectivity index (χ0n) is 10.5. The van der Waals surface area contributed by atoms with Gasteiger partial charge in [-0.3, -0.25) is 4.79 Å². The van der Waals surface area contributed by atoms with Crippen molar-refractivity contribution in [1.29, 1.82) is 0 Å². The molecule has 0 aliphatic heterocycles. The number of nitrogens with one attached hydrogen (secondary N) is 1. The number of halogens is 1. The lowest BCUT2D eigenvalue weighted by Gasteiger charge is -2.07. The number of anilines is 1. The summed E-state index contributed by atoms with van der Waals surface area (Å²) in [5.41, 5.74) is 2.49. The van der Waals surface area contributed by atoms with E-state index in [0.717, 1.165) is 29.7 Å². The van der Waals surface area contributed by atoms with Crippen molar-refractivity contribution >= 4 is 23.2 Å². The third-order valence-corrected chi connectivity index (χ3v) is 2.94. The van der Waals surface area contributed by atoms with Crippen LogP contribution in [0.3, 0.4) is 0 Å². The zero-order chi connectivity index (χ0) is 12.8. The Hall–Kier alpha value is -1.28. The summed E-state index contributed by atoms with van der Waals surface area (Å²) in [5, 5.41) is 3.56. The minimum absolute atomic E-state index is 0.0554. The average molecular weight is 252 g/mol. The van der Waals surface area contributed by atoms with Gasteiger partial charge >= 0.3 is 0 Å². The van der Waals surface area contributed by atoms with Gasteiger partial charge < -0.3 is 5.32 Å². The van der Waals surface area contributed by atoms with Crippen LogP contribution >= 0.6 is 11.6 Å². The summed E-state index contributed by atoms with van der Waals surface area (Å²) in [6, 6.07) is 5.46. The van der Waals surface area contributed by atoms with Gasteiger partial charge in [0.1, 0.15) is 0 Å². The standard InChI is InChI=1S/C14H18ClNO/c1-4-5-6-10(2)14(17)16-12-7-8-13(15)11(3)9-12/h6-9H,4-5H2,1-3H3,(H,16,17)/b10-6+. The van der Waals surface area contributed by atoms with E-state index in [-0.39, 0.29) is 5.91 Å². The summed E-state index contributed by atoms with van der Waals surface area (Å²) in [7, 11) is 0. The molecule has 1 aromatic carbocycles. The fourth-order valence-corrected chi connectivity index (χ4v) is 1.52. The maximum absolute atomic E-state index is 11.8. The van der Waals surface area contributed by atoms with E-state index in [1.54, 1.807) is 12.1 Å². The molecule has 1 amide bonds. The number of aryl methyl sites for hydroxylation is 1. The van der Waals surface area contributed by atoms with E-state index in [1.807, 2.05) is 26.0 Å². The van der Waals surface area contributed by atoms with E-state index in [1.165, 1.54) is 0 Å². The molecular weight excluding hydrogens is 234 g/mol. The van der Waals surface area contributed by atoms with Crippen LogP contribution in [0.15, 0.2) is 29.8 Å². The molecule has 0 saturated heterocycles. The van der Waals surface area contributed by atoms with Crippen LogP contribution in [-0.4, -0.2) is 5.91 Å². The molecule has 0 unspecified atom stereocenters. The molecule has 0 fully saturated rings. The monoisotopic (exact) mass is 251 g/mol. The highest BCUT2D eigenvalue weighted by molar-refractivity contribution is 6.31. The first-order valence-electron chi connectivity index (χ1n) is 5.79. The van der Waals surface area contributed by atoms with Crippen molar-refractivity contribution in [2.75, 3.05) is 5.32 Å². The molecule has 1 aromatic rings. The van der Waals surface area contributed by atoms with Crippen LogP contribution in [0.25, 0.3) is 0 Å². The number of hydrogen-bond acceptors (Lipinski definition) is 1. The predicted molar refractivity (Wildman–Crippen MR) is 73.5 cm³/mol. The molecule has 0 saturated carbocycles. The molecule has 0 spiro atoms. The summed E-state index contributed by atoms with van der Waals surface area (Å²) in [4.78, 5) is 11.8. The Morgan fingerprint density at radius 3 is 2.76 bits per heavy atom. The van der Waals surface area contributed by atoms with Crippen molar-refractivity contribution in [1.82, 2.24) is 0 Å². The van der Waals surface area contributed by atoms with Crippen molar-refractivity contribution in [3.63, 3.8) is 0 Å². The number of benzene rings is 1. The topological polar surface area (TPSA) is 29.1 Å². The fourth-order valence-electron chi connectivity index (χ4n) is 1.41. The van der Waals surface area contributed by atoms with Crippen LogP contribution in [0.1, 0.15) is 32.3 Å². The van der Waals surface area contributed by atoms with Gasteiger partial charge in [-0.1, -0.05) is 31.0 Å². The summed E-state index contributed by atoms with van der Waals surface area (Å²) in [6.45, 7) is 5.83. The molecule has 17 heavy (non-hydrogen) atoms. The van der Waals surface area contributed by atoms with Crippen molar-refractivity contribution in [2.45, 2.75) is 33.6 Å². The number of carbonyl (C=O) groups excluding carboxylic acids is 1. The second-order valence-corrected chi connectivity index (χ2v) is 4.50. The molecule has 3 heteroatoms. The second-order valence-electron chi connectivity index (χ2n) is 4.09. The smallest absolute Gasteiger partial charge is 0.250 e. The number of rotatable bonds is 4. The number of unbranched alkanes of at least 4 members (excludes halogenated alkanes) is 1. The maximum Gasteiger partial charge on any atom is 0.250 e. The van der Waals surface area contributed by atoms with Gasteiger partial charge in [0.25, 0.3) is 5.91 Å². The molecule has 0 atom stereocenters.